The molecular weight excluding hydrogens is 270 g/mol. The molecule has 0 amide bonds. The average molecular weight is 283 g/mol. The first-order chi connectivity index (χ1) is 10.2. The van der Waals surface area contributed by atoms with Gasteiger partial charge in [0.15, 0.2) is 11.5 Å². The van der Waals surface area contributed by atoms with Crippen LogP contribution in [-0.2, 0) is 6.42 Å². The van der Waals surface area contributed by atoms with Gasteiger partial charge in [-0.3, -0.25) is 0 Å². The van der Waals surface area contributed by atoms with E-state index >= 15 is 0 Å². The number of para-hydroxylation sites is 1. The lowest BCUT2D eigenvalue weighted by molar-refractivity contribution is 0.0697. The molecule has 0 radical (unpaired) electrons. The molecule has 2 aromatic carbocycles. The number of hydrogen-bond acceptors (Lipinski definition) is 4. The zero-order valence-corrected chi connectivity index (χ0v) is 11.2. The fourth-order valence-electron chi connectivity index (χ4n) is 1.99. The molecule has 3 rings (SSSR count). The number of carboxylic acid groups (broad SMARTS) is 1. The molecule has 0 spiro atoms. The summed E-state index contributed by atoms with van der Waals surface area (Å²) in [5.74, 6) is 0.346. The summed E-state index contributed by atoms with van der Waals surface area (Å²) in [4.78, 5) is 15.2. The Hall–Kier alpha value is -2.82. The fraction of sp³-hybridized carbons (Fsp3) is 0.125. The minimum absolute atomic E-state index is 0.197. The first kappa shape index (κ1) is 13.2. The SMILES string of the molecule is O=C(O)c1ccc2oc(CCOc3ccccc3)nc2c1. The molecule has 3 aromatic rings. The quantitative estimate of drug-likeness (QED) is 0.778. The molecule has 0 aliphatic rings. The largest absolute Gasteiger partial charge is 0.493 e. The Balaban J connectivity index is 1.68. The van der Waals surface area contributed by atoms with Gasteiger partial charge in [-0.25, -0.2) is 9.78 Å². The van der Waals surface area contributed by atoms with E-state index in [-0.39, 0.29) is 5.56 Å². The third-order valence-corrected chi connectivity index (χ3v) is 3.01. The number of aromatic carboxylic acids is 1. The maximum absolute atomic E-state index is 10.9. The predicted molar refractivity (Wildman–Crippen MR) is 76.6 cm³/mol. The van der Waals surface area contributed by atoms with Crippen LogP contribution in [-0.4, -0.2) is 22.7 Å². The molecule has 0 aliphatic carbocycles. The third-order valence-electron chi connectivity index (χ3n) is 3.01. The topological polar surface area (TPSA) is 72.6 Å². The van der Waals surface area contributed by atoms with E-state index in [0.29, 0.717) is 30.0 Å². The molecule has 1 heterocycles. The van der Waals surface area contributed by atoms with Crippen molar-refractivity contribution in [2.45, 2.75) is 6.42 Å². The number of fused-ring (bicyclic) bond motifs is 1. The summed E-state index contributed by atoms with van der Waals surface area (Å²) in [5.41, 5.74) is 1.32. The molecular formula is C16H13NO4. The van der Waals surface area contributed by atoms with Crippen molar-refractivity contribution in [1.82, 2.24) is 4.98 Å². The van der Waals surface area contributed by atoms with Gasteiger partial charge in [-0.2, -0.15) is 0 Å². The lowest BCUT2D eigenvalue weighted by Gasteiger charge is -2.03. The Kier molecular flexibility index (Phi) is 3.55. The Labute approximate surface area is 120 Å². The predicted octanol–water partition coefficient (Wildman–Crippen LogP) is 3.15. The van der Waals surface area contributed by atoms with Crippen molar-refractivity contribution in [1.29, 1.82) is 0 Å². The molecule has 5 nitrogen and oxygen atoms in total. The standard InChI is InChI=1S/C16H13NO4/c18-16(19)11-6-7-14-13(10-11)17-15(21-14)8-9-20-12-4-2-1-3-5-12/h1-7,10H,8-9H2,(H,18,19). The normalized spacial score (nSPS) is 10.7. The molecule has 106 valence electrons. The highest BCUT2D eigenvalue weighted by molar-refractivity contribution is 5.91. The molecule has 1 aromatic heterocycles. The molecule has 1 N–H and O–H groups in total. The van der Waals surface area contributed by atoms with E-state index in [2.05, 4.69) is 4.98 Å². The first-order valence-corrected chi connectivity index (χ1v) is 6.53. The van der Waals surface area contributed by atoms with Gasteiger partial charge in [0.25, 0.3) is 0 Å². The zero-order chi connectivity index (χ0) is 14.7. The van der Waals surface area contributed by atoms with Gasteiger partial charge >= 0.3 is 5.97 Å². The molecule has 0 unspecified atom stereocenters. The number of benzene rings is 2. The second kappa shape index (κ2) is 5.66. The maximum atomic E-state index is 10.9. The van der Waals surface area contributed by atoms with Crippen molar-refractivity contribution in [2.24, 2.45) is 0 Å². The maximum Gasteiger partial charge on any atom is 0.335 e. The molecule has 0 atom stereocenters. The van der Waals surface area contributed by atoms with Crippen LogP contribution in [0.2, 0.25) is 0 Å². The van der Waals surface area contributed by atoms with E-state index in [1.54, 1.807) is 6.07 Å². The van der Waals surface area contributed by atoms with Gasteiger partial charge in [0, 0.05) is 0 Å². The van der Waals surface area contributed by atoms with Gasteiger partial charge in [0.1, 0.15) is 11.3 Å². The number of ether oxygens (including phenoxy) is 1. The van der Waals surface area contributed by atoms with E-state index in [0.717, 1.165) is 5.75 Å². The van der Waals surface area contributed by atoms with Gasteiger partial charge in [-0.15, -0.1) is 0 Å². The number of hydrogen-bond donors (Lipinski definition) is 1. The van der Waals surface area contributed by atoms with Crippen molar-refractivity contribution < 1.29 is 19.1 Å². The van der Waals surface area contributed by atoms with Crippen LogP contribution in [0.3, 0.4) is 0 Å². The Morgan fingerprint density at radius 2 is 2.00 bits per heavy atom. The van der Waals surface area contributed by atoms with Crippen molar-refractivity contribution >= 4 is 17.1 Å². The lowest BCUT2D eigenvalue weighted by atomic mass is 10.2. The van der Waals surface area contributed by atoms with Gasteiger partial charge in [0.05, 0.1) is 18.6 Å². The number of carboxylic acids is 1. The Morgan fingerprint density at radius 1 is 1.19 bits per heavy atom. The molecule has 21 heavy (non-hydrogen) atoms. The van der Waals surface area contributed by atoms with Crippen LogP contribution < -0.4 is 4.74 Å². The lowest BCUT2D eigenvalue weighted by Crippen LogP contribution is -2.01. The van der Waals surface area contributed by atoms with Crippen LogP contribution >= 0.6 is 0 Å². The highest BCUT2D eigenvalue weighted by atomic mass is 16.5. The second-order valence-corrected chi connectivity index (χ2v) is 4.51. The van der Waals surface area contributed by atoms with Gasteiger partial charge in [-0.1, -0.05) is 18.2 Å². The summed E-state index contributed by atoms with van der Waals surface area (Å²) in [6, 6.07) is 14.1. The van der Waals surface area contributed by atoms with Crippen LogP contribution in [0.4, 0.5) is 0 Å². The Morgan fingerprint density at radius 3 is 2.76 bits per heavy atom. The number of oxazole rings is 1. The van der Waals surface area contributed by atoms with E-state index in [1.807, 2.05) is 30.3 Å². The minimum atomic E-state index is -0.978. The molecule has 0 saturated carbocycles. The van der Waals surface area contributed by atoms with Crippen LogP contribution in [0.5, 0.6) is 5.75 Å². The van der Waals surface area contributed by atoms with Gasteiger partial charge < -0.3 is 14.3 Å². The molecule has 0 saturated heterocycles. The van der Waals surface area contributed by atoms with E-state index in [4.69, 9.17) is 14.3 Å². The minimum Gasteiger partial charge on any atom is -0.493 e. The smallest absolute Gasteiger partial charge is 0.335 e. The van der Waals surface area contributed by atoms with Crippen molar-refractivity contribution in [2.75, 3.05) is 6.61 Å². The van der Waals surface area contributed by atoms with E-state index < -0.39 is 5.97 Å². The summed E-state index contributed by atoms with van der Waals surface area (Å²) in [6.45, 7) is 0.447. The highest BCUT2D eigenvalue weighted by Crippen LogP contribution is 2.18. The van der Waals surface area contributed by atoms with Crippen LogP contribution in [0.25, 0.3) is 11.1 Å². The van der Waals surface area contributed by atoms with E-state index in [9.17, 15) is 4.79 Å². The number of carbonyl (C=O) groups is 1. The average Bonchev–Trinajstić information content (AvgIpc) is 2.90. The van der Waals surface area contributed by atoms with E-state index in [1.165, 1.54) is 12.1 Å². The molecule has 0 bridgehead atoms. The van der Waals surface area contributed by atoms with Crippen molar-refractivity contribution in [3.8, 4) is 5.75 Å². The Bertz CT molecular complexity index is 764. The highest BCUT2D eigenvalue weighted by Gasteiger charge is 2.09. The van der Waals surface area contributed by atoms with Gasteiger partial charge in [0.2, 0.25) is 0 Å². The monoisotopic (exact) mass is 283 g/mol. The fourth-order valence-corrected chi connectivity index (χ4v) is 1.99. The summed E-state index contributed by atoms with van der Waals surface area (Å²) in [5, 5.41) is 8.94. The summed E-state index contributed by atoms with van der Waals surface area (Å²) >= 11 is 0. The second-order valence-electron chi connectivity index (χ2n) is 4.51. The summed E-state index contributed by atoms with van der Waals surface area (Å²) < 4.78 is 11.1. The number of rotatable bonds is 5. The van der Waals surface area contributed by atoms with Crippen LogP contribution in [0, 0.1) is 0 Å². The van der Waals surface area contributed by atoms with Crippen LogP contribution in [0.15, 0.2) is 52.9 Å². The van der Waals surface area contributed by atoms with Gasteiger partial charge in [-0.05, 0) is 30.3 Å². The number of nitrogens with zero attached hydrogens (tertiary/aromatic N) is 1. The molecule has 0 aliphatic heterocycles. The zero-order valence-electron chi connectivity index (χ0n) is 11.2. The summed E-state index contributed by atoms with van der Waals surface area (Å²) in [7, 11) is 0. The summed E-state index contributed by atoms with van der Waals surface area (Å²) in [6.07, 6.45) is 0.520. The third kappa shape index (κ3) is 3.02. The molecule has 0 fully saturated rings. The van der Waals surface area contributed by atoms with Crippen LogP contribution in [0.1, 0.15) is 16.2 Å². The first-order valence-electron chi connectivity index (χ1n) is 6.53. The molecule has 5 heteroatoms. The van der Waals surface area contributed by atoms with Crippen molar-refractivity contribution in [3.05, 3.63) is 60.0 Å². The van der Waals surface area contributed by atoms with Crippen molar-refractivity contribution in [3.63, 3.8) is 0 Å². The number of aromatic nitrogens is 1.